The van der Waals surface area contributed by atoms with Gasteiger partial charge in [0.1, 0.15) is 0 Å². The first-order chi connectivity index (χ1) is 10.7. The predicted octanol–water partition coefficient (Wildman–Crippen LogP) is 2.10. The lowest BCUT2D eigenvalue weighted by molar-refractivity contribution is -0.139. The summed E-state index contributed by atoms with van der Waals surface area (Å²) in [5.74, 6) is -0.246. The van der Waals surface area contributed by atoms with Crippen LogP contribution < -0.4 is 5.32 Å². The second-order valence-corrected chi connectivity index (χ2v) is 5.43. The molecule has 0 bridgehead atoms. The van der Waals surface area contributed by atoms with Crippen LogP contribution in [0.3, 0.4) is 0 Å². The molecule has 1 unspecified atom stereocenters. The molecule has 0 aromatic heterocycles. The summed E-state index contributed by atoms with van der Waals surface area (Å²) < 4.78 is 0. The molecular weight excluding hydrogens is 276 g/mol. The van der Waals surface area contributed by atoms with Crippen LogP contribution in [-0.2, 0) is 22.7 Å². The summed E-state index contributed by atoms with van der Waals surface area (Å²) in [6, 6.07) is 19.0. The van der Waals surface area contributed by atoms with E-state index in [9.17, 15) is 9.59 Å². The van der Waals surface area contributed by atoms with Crippen LogP contribution in [-0.4, -0.2) is 22.8 Å². The molecule has 4 heteroatoms. The number of benzene rings is 2. The monoisotopic (exact) mass is 294 g/mol. The minimum Gasteiger partial charge on any atom is -0.301 e. The van der Waals surface area contributed by atoms with Crippen molar-refractivity contribution in [1.82, 2.24) is 10.2 Å². The van der Waals surface area contributed by atoms with E-state index in [2.05, 4.69) is 5.32 Å². The first-order valence-electron chi connectivity index (χ1n) is 7.39. The van der Waals surface area contributed by atoms with Crippen molar-refractivity contribution in [2.24, 2.45) is 0 Å². The van der Waals surface area contributed by atoms with E-state index in [4.69, 9.17) is 0 Å². The molecule has 22 heavy (non-hydrogen) atoms. The molecule has 2 aromatic rings. The number of carbonyl (C=O) groups is 2. The molecule has 1 atom stereocenters. The highest BCUT2D eigenvalue weighted by atomic mass is 16.2. The summed E-state index contributed by atoms with van der Waals surface area (Å²) in [4.78, 5) is 25.8. The second kappa shape index (κ2) is 6.54. The Bertz CT molecular complexity index is 655. The molecule has 1 aliphatic heterocycles. The Kier molecular flexibility index (Phi) is 4.30. The molecule has 2 amide bonds. The van der Waals surface area contributed by atoms with Crippen LogP contribution in [0, 0.1) is 0 Å². The van der Waals surface area contributed by atoms with Gasteiger partial charge in [-0.25, -0.2) is 0 Å². The summed E-state index contributed by atoms with van der Waals surface area (Å²) >= 11 is 0. The number of likely N-dealkylation sites (tertiary alicyclic amines) is 1. The molecule has 3 rings (SSSR count). The molecule has 2 aromatic carbocycles. The third-order valence-electron chi connectivity index (χ3n) is 3.82. The fourth-order valence-corrected chi connectivity index (χ4v) is 2.61. The zero-order valence-corrected chi connectivity index (χ0v) is 12.2. The van der Waals surface area contributed by atoms with Crippen molar-refractivity contribution in [2.45, 2.75) is 25.6 Å². The topological polar surface area (TPSA) is 49.4 Å². The van der Waals surface area contributed by atoms with Crippen molar-refractivity contribution < 1.29 is 9.59 Å². The molecule has 1 aliphatic rings. The minimum atomic E-state index is -0.420. The van der Waals surface area contributed by atoms with Crippen molar-refractivity contribution in [2.75, 3.05) is 0 Å². The van der Waals surface area contributed by atoms with Gasteiger partial charge in [-0.2, -0.15) is 0 Å². The fraction of sp³-hybridized carbons (Fsp3) is 0.222. The zero-order valence-electron chi connectivity index (χ0n) is 12.2. The molecule has 0 saturated carbocycles. The van der Waals surface area contributed by atoms with E-state index >= 15 is 0 Å². The third kappa shape index (κ3) is 3.23. The summed E-state index contributed by atoms with van der Waals surface area (Å²) in [7, 11) is 0. The Morgan fingerprint density at radius 1 is 0.909 bits per heavy atom. The number of imide groups is 1. The number of hydrogen-bond donors (Lipinski definition) is 1. The maximum atomic E-state index is 12.4. The average molecular weight is 294 g/mol. The molecule has 0 radical (unpaired) electrons. The fourth-order valence-electron chi connectivity index (χ4n) is 2.61. The highest BCUT2D eigenvalue weighted by molar-refractivity contribution is 6.05. The first kappa shape index (κ1) is 14.5. The maximum Gasteiger partial charge on any atom is 0.247 e. The predicted molar refractivity (Wildman–Crippen MR) is 83.7 cm³/mol. The first-order valence-corrected chi connectivity index (χ1v) is 7.39. The van der Waals surface area contributed by atoms with Gasteiger partial charge in [-0.15, -0.1) is 0 Å². The molecule has 112 valence electrons. The van der Waals surface area contributed by atoms with Crippen LogP contribution in [0.1, 0.15) is 17.5 Å². The number of nitrogens with one attached hydrogen (secondary N) is 1. The van der Waals surface area contributed by atoms with Crippen molar-refractivity contribution in [1.29, 1.82) is 0 Å². The molecule has 0 spiro atoms. The van der Waals surface area contributed by atoms with Crippen LogP contribution in [0.5, 0.6) is 0 Å². The van der Waals surface area contributed by atoms with Crippen LogP contribution in [0.4, 0.5) is 0 Å². The highest BCUT2D eigenvalue weighted by Gasteiger charge is 2.37. The van der Waals surface area contributed by atoms with Gasteiger partial charge >= 0.3 is 0 Å². The van der Waals surface area contributed by atoms with E-state index < -0.39 is 6.04 Å². The largest absolute Gasteiger partial charge is 0.301 e. The minimum absolute atomic E-state index is 0.112. The van der Waals surface area contributed by atoms with Gasteiger partial charge in [-0.05, 0) is 11.1 Å². The Morgan fingerprint density at radius 3 is 2.14 bits per heavy atom. The number of nitrogens with zero attached hydrogens (tertiary/aromatic N) is 1. The van der Waals surface area contributed by atoms with Crippen LogP contribution in [0.2, 0.25) is 0 Å². The van der Waals surface area contributed by atoms with Gasteiger partial charge in [0.05, 0.1) is 19.0 Å². The SMILES string of the molecule is O=C1CC(NCc2ccccc2)C(=O)N1Cc1ccccc1. The van der Waals surface area contributed by atoms with Gasteiger partial charge in [0.25, 0.3) is 0 Å². The van der Waals surface area contributed by atoms with E-state index in [1.807, 2.05) is 60.7 Å². The lowest BCUT2D eigenvalue weighted by Crippen LogP contribution is -2.38. The van der Waals surface area contributed by atoms with Crippen LogP contribution >= 0.6 is 0 Å². The quantitative estimate of drug-likeness (QED) is 0.859. The van der Waals surface area contributed by atoms with Crippen molar-refractivity contribution in [3.8, 4) is 0 Å². The normalized spacial score (nSPS) is 18.0. The standard InChI is InChI=1S/C18H18N2O2/c21-17-11-16(19-12-14-7-3-1-4-8-14)18(22)20(17)13-15-9-5-2-6-10-15/h1-10,16,19H,11-13H2. The zero-order chi connectivity index (χ0) is 15.4. The summed E-state index contributed by atoms with van der Waals surface area (Å²) in [5, 5.41) is 3.18. The highest BCUT2D eigenvalue weighted by Crippen LogP contribution is 2.17. The van der Waals surface area contributed by atoms with Crippen molar-refractivity contribution >= 4 is 11.8 Å². The number of amides is 2. The summed E-state index contributed by atoms with van der Waals surface area (Å²) in [6.07, 6.45) is 0.235. The lowest BCUT2D eigenvalue weighted by Gasteiger charge is -2.15. The van der Waals surface area contributed by atoms with E-state index in [0.717, 1.165) is 11.1 Å². The van der Waals surface area contributed by atoms with Crippen LogP contribution in [0.25, 0.3) is 0 Å². The molecule has 1 fully saturated rings. The Morgan fingerprint density at radius 2 is 1.50 bits per heavy atom. The molecule has 4 nitrogen and oxygen atoms in total. The molecular formula is C18H18N2O2. The van der Waals surface area contributed by atoms with Gasteiger partial charge in [0.2, 0.25) is 11.8 Å². The lowest BCUT2D eigenvalue weighted by atomic mass is 10.2. The van der Waals surface area contributed by atoms with Gasteiger partial charge in [0.15, 0.2) is 0 Å². The Labute approximate surface area is 129 Å². The number of hydrogen-bond acceptors (Lipinski definition) is 3. The molecule has 1 saturated heterocycles. The summed E-state index contributed by atoms with van der Waals surface area (Å²) in [6.45, 7) is 0.936. The molecule has 1 heterocycles. The summed E-state index contributed by atoms with van der Waals surface area (Å²) in [5.41, 5.74) is 2.07. The van der Waals surface area contributed by atoms with Gasteiger partial charge in [-0.3, -0.25) is 14.5 Å². The Hall–Kier alpha value is -2.46. The maximum absolute atomic E-state index is 12.4. The van der Waals surface area contributed by atoms with Crippen LogP contribution in [0.15, 0.2) is 60.7 Å². The van der Waals surface area contributed by atoms with Gasteiger partial charge in [-0.1, -0.05) is 60.7 Å². The second-order valence-electron chi connectivity index (χ2n) is 5.43. The average Bonchev–Trinajstić information content (AvgIpc) is 2.82. The molecule has 1 N–H and O–H groups in total. The van der Waals surface area contributed by atoms with E-state index in [0.29, 0.717) is 13.1 Å². The number of rotatable bonds is 5. The van der Waals surface area contributed by atoms with Gasteiger partial charge < -0.3 is 5.32 Å². The third-order valence-corrected chi connectivity index (χ3v) is 3.82. The van der Waals surface area contributed by atoms with E-state index in [-0.39, 0.29) is 18.2 Å². The molecule has 0 aliphatic carbocycles. The Balaban J connectivity index is 1.61. The van der Waals surface area contributed by atoms with E-state index in [1.165, 1.54) is 4.90 Å². The van der Waals surface area contributed by atoms with Gasteiger partial charge in [0, 0.05) is 6.54 Å². The van der Waals surface area contributed by atoms with Crippen molar-refractivity contribution in [3.63, 3.8) is 0 Å². The number of carbonyl (C=O) groups excluding carboxylic acids is 2. The van der Waals surface area contributed by atoms with E-state index in [1.54, 1.807) is 0 Å². The van der Waals surface area contributed by atoms with Crippen molar-refractivity contribution in [3.05, 3.63) is 71.8 Å². The smallest absolute Gasteiger partial charge is 0.247 e.